The first kappa shape index (κ1) is 18.6. The van der Waals surface area contributed by atoms with E-state index in [0.717, 1.165) is 31.2 Å². The summed E-state index contributed by atoms with van der Waals surface area (Å²) in [6, 6.07) is 2.56. The van der Waals surface area contributed by atoms with Gasteiger partial charge >= 0.3 is 5.69 Å². The van der Waals surface area contributed by atoms with E-state index in [4.69, 9.17) is 5.73 Å². The summed E-state index contributed by atoms with van der Waals surface area (Å²) in [5, 5.41) is 15.1. The van der Waals surface area contributed by atoms with Gasteiger partial charge in [0.2, 0.25) is 5.95 Å². The Morgan fingerprint density at radius 3 is 2.56 bits per heavy atom. The number of imidazole rings is 1. The number of anilines is 1. The molecule has 0 amide bonds. The van der Waals surface area contributed by atoms with Crippen molar-refractivity contribution in [1.82, 2.24) is 9.55 Å². The zero-order valence-electron chi connectivity index (χ0n) is 14.1. The molecule has 7 nitrogen and oxygen atoms in total. The normalized spacial score (nSPS) is 21.0. The number of nitro groups is 1. The Morgan fingerprint density at radius 2 is 2.00 bits per heavy atom. The highest BCUT2D eigenvalue weighted by molar-refractivity contribution is 9.13. The third-order valence-corrected chi connectivity index (χ3v) is 6.62. The van der Waals surface area contributed by atoms with E-state index in [9.17, 15) is 10.1 Å². The molecular weight excluding hydrogens is 454 g/mol. The molecular formula is C16H21Br2N5O2. The molecule has 1 aliphatic rings. The maximum absolute atomic E-state index is 11.6. The zero-order chi connectivity index (χ0) is 18.3. The molecule has 25 heavy (non-hydrogen) atoms. The van der Waals surface area contributed by atoms with E-state index in [-0.39, 0.29) is 17.8 Å². The molecule has 1 aromatic heterocycles. The molecule has 1 fully saturated rings. The molecule has 1 aliphatic carbocycles. The van der Waals surface area contributed by atoms with E-state index in [1.807, 2.05) is 24.5 Å². The summed E-state index contributed by atoms with van der Waals surface area (Å²) in [6.45, 7) is 4.09. The van der Waals surface area contributed by atoms with Crippen LogP contribution in [0.1, 0.15) is 45.6 Å². The van der Waals surface area contributed by atoms with Crippen molar-refractivity contribution in [3.8, 4) is 0 Å². The molecule has 0 aliphatic heterocycles. The predicted octanol–water partition coefficient (Wildman–Crippen LogP) is 4.73. The average Bonchev–Trinajstić information content (AvgIpc) is 2.87. The molecule has 3 rings (SSSR count). The van der Waals surface area contributed by atoms with Gasteiger partial charge in [-0.15, -0.1) is 0 Å². The van der Waals surface area contributed by atoms with Gasteiger partial charge in [-0.25, -0.2) is 4.98 Å². The SMILES string of the molecule is CC(C)n1c(N[C@H]2CC[C@H](N)CC2)nc2c([N+](=O)[O-])c(Br)c(Br)cc21. The summed E-state index contributed by atoms with van der Waals surface area (Å²) in [6.07, 6.45) is 3.93. The van der Waals surface area contributed by atoms with Gasteiger partial charge in [-0.3, -0.25) is 10.1 Å². The van der Waals surface area contributed by atoms with Crippen molar-refractivity contribution < 1.29 is 4.92 Å². The number of hydrogen-bond donors (Lipinski definition) is 2. The lowest BCUT2D eigenvalue weighted by Crippen LogP contribution is -2.33. The van der Waals surface area contributed by atoms with Gasteiger partial charge in [0, 0.05) is 22.6 Å². The maximum atomic E-state index is 11.6. The number of halogens is 2. The number of aromatic nitrogens is 2. The second-order valence-electron chi connectivity index (χ2n) is 6.80. The van der Waals surface area contributed by atoms with Crippen LogP contribution in [0.4, 0.5) is 11.6 Å². The number of nitro benzene ring substituents is 1. The number of rotatable bonds is 4. The highest BCUT2D eigenvalue weighted by atomic mass is 79.9. The Kier molecular flexibility index (Phi) is 5.36. The lowest BCUT2D eigenvalue weighted by Gasteiger charge is -2.27. The van der Waals surface area contributed by atoms with Gasteiger partial charge in [-0.05, 0) is 77.5 Å². The molecule has 0 saturated heterocycles. The van der Waals surface area contributed by atoms with E-state index >= 15 is 0 Å². The number of nitrogens with two attached hydrogens (primary N) is 1. The molecule has 0 bridgehead atoms. The largest absolute Gasteiger partial charge is 0.353 e. The summed E-state index contributed by atoms with van der Waals surface area (Å²) >= 11 is 6.71. The monoisotopic (exact) mass is 473 g/mol. The molecule has 0 unspecified atom stereocenters. The highest BCUT2D eigenvalue weighted by Crippen LogP contribution is 2.41. The van der Waals surface area contributed by atoms with Gasteiger partial charge in [0.15, 0.2) is 5.52 Å². The highest BCUT2D eigenvalue weighted by Gasteiger charge is 2.28. The van der Waals surface area contributed by atoms with Crippen LogP contribution in [0.15, 0.2) is 15.0 Å². The van der Waals surface area contributed by atoms with Crippen LogP contribution >= 0.6 is 31.9 Å². The minimum atomic E-state index is -0.391. The van der Waals surface area contributed by atoms with Crippen LogP contribution in [-0.2, 0) is 0 Å². The molecule has 9 heteroatoms. The first-order valence-electron chi connectivity index (χ1n) is 8.36. The van der Waals surface area contributed by atoms with Crippen LogP contribution in [0, 0.1) is 10.1 Å². The van der Waals surface area contributed by atoms with Crippen LogP contribution in [0.3, 0.4) is 0 Å². The zero-order valence-corrected chi connectivity index (χ0v) is 17.3. The third-order valence-electron chi connectivity index (χ3n) is 4.66. The van der Waals surface area contributed by atoms with E-state index < -0.39 is 4.92 Å². The van der Waals surface area contributed by atoms with Crippen molar-refractivity contribution in [1.29, 1.82) is 0 Å². The van der Waals surface area contributed by atoms with Crippen molar-refractivity contribution in [3.05, 3.63) is 25.1 Å². The van der Waals surface area contributed by atoms with E-state index in [2.05, 4.69) is 42.2 Å². The maximum Gasteiger partial charge on any atom is 0.312 e. The van der Waals surface area contributed by atoms with Gasteiger partial charge in [0.1, 0.15) is 4.47 Å². The number of hydrogen-bond acceptors (Lipinski definition) is 5. The molecule has 2 aromatic rings. The fraction of sp³-hybridized carbons (Fsp3) is 0.562. The van der Waals surface area contributed by atoms with Gasteiger partial charge in [-0.2, -0.15) is 0 Å². The van der Waals surface area contributed by atoms with Gasteiger partial charge < -0.3 is 15.6 Å². The van der Waals surface area contributed by atoms with Crippen molar-refractivity contribution in [2.24, 2.45) is 5.73 Å². The Morgan fingerprint density at radius 1 is 1.36 bits per heavy atom. The quantitative estimate of drug-likeness (QED) is 0.492. The van der Waals surface area contributed by atoms with E-state index in [1.54, 1.807) is 0 Å². The fourth-order valence-electron chi connectivity index (χ4n) is 3.40. The molecule has 0 radical (unpaired) electrons. The predicted molar refractivity (Wildman–Crippen MR) is 106 cm³/mol. The standard InChI is InChI=1S/C16H21Br2N5O2/c1-8(2)22-12-7-11(17)13(18)15(23(24)25)14(12)21-16(22)20-10-5-3-9(19)4-6-10/h7-10H,3-6,19H2,1-2H3,(H,20,21)/t9-,10-. The molecule has 0 spiro atoms. The Labute approximate surface area is 162 Å². The third kappa shape index (κ3) is 3.54. The summed E-state index contributed by atoms with van der Waals surface area (Å²) in [7, 11) is 0. The smallest absolute Gasteiger partial charge is 0.312 e. The van der Waals surface area contributed by atoms with Crippen LogP contribution < -0.4 is 11.1 Å². The van der Waals surface area contributed by atoms with Gasteiger partial charge in [0.05, 0.1) is 10.4 Å². The number of benzene rings is 1. The molecule has 1 aromatic carbocycles. The number of nitrogens with one attached hydrogen (secondary N) is 1. The average molecular weight is 475 g/mol. The Hall–Kier alpha value is -1.19. The minimum Gasteiger partial charge on any atom is -0.353 e. The Bertz CT molecular complexity index is 813. The molecule has 3 N–H and O–H groups in total. The van der Waals surface area contributed by atoms with Gasteiger partial charge in [-0.1, -0.05) is 0 Å². The lowest BCUT2D eigenvalue weighted by molar-refractivity contribution is -0.384. The van der Waals surface area contributed by atoms with E-state index in [1.165, 1.54) is 0 Å². The second-order valence-corrected chi connectivity index (χ2v) is 8.45. The lowest BCUT2D eigenvalue weighted by atomic mass is 9.92. The van der Waals surface area contributed by atoms with Crippen LogP contribution in [0.2, 0.25) is 0 Å². The summed E-state index contributed by atoms with van der Waals surface area (Å²) in [5.74, 6) is 0.679. The second kappa shape index (κ2) is 7.20. The molecule has 0 atom stereocenters. The fourth-order valence-corrected chi connectivity index (χ4v) is 4.25. The first-order chi connectivity index (χ1) is 11.8. The van der Waals surface area contributed by atoms with Crippen molar-refractivity contribution >= 4 is 54.5 Å². The number of fused-ring (bicyclic) bond motifs is 1. The van der Waals surface area contributed by atoms with Crippen molar-refractivity contribution in [2.75, 3.05) is 5.32 Å². The summed E-state index contributed by atoms with van der Waals surface area (Å²) in [4.78, 5) is 15.8. The van der Waals surface area contributed by atoms with Crippen LogP contribution in [0.5, 0.6) is 0 Å². The minimum absolute atomic E-state index is 0.0162. The van der Waals surface area contributed by atoms with Crippen LogP contribution in [-0.4, -0.2) is 26.6 Å². The van der Waals surface area contributed by atoms with Gasteiger partial charge in [0.25, 0.3) is 0 Å². The van der Waals surface area contributed by atoms with Crippen molar-refractivity contribution in [2.45, 2.75) is 57.7 Å². The number of nitrogens with zero attached hydrogens (tertiary/aromatic N) is 3. The summed E-state index contributed by atoms with van der Waals surface area (Å²) < 4.78 is 3.07. The molecule has 1 saturated carbocycles. The van der Waals surface area contributed by atoms with Crippen LogP contribution in [0.25, 0.3) is 11.0 Å². The van der Waals surface area contributed by atoms with Crippen molar-refractivity contribution in [3.63, 3.8) is 0 Å². The first-order valence-corrected chi connectivity index (χ1v) is 9.94. The molecule has 1 heterocycles. The van der Waals surface area contributed by atoms with E-state index in [0.29, 0.717) is 26.5 Å². The molecule has 136 valence electrons. The summed E-state index contributed by atoms with van der Waals surface area (Å²) in [5.41, 5.74) is 7.10. The Balaban J connectivity index is 2.10. The topological polar surface area (TPSA) is 99.0 Å².